The topological polar surface area (TPSA) is 38.9 Å². The largest absolute Gasteiger partial charge is 0.322 e. The quantitative estimate of drug-likeness (QED) is 0.784. The van der Waals surface area contributed by atoms with Gasteiger partial charge in [-0.3, -0.25) is 0 Å². The number of aryl methyl sites for hydroxylation is 1. The summed E-state index contributed by atoms with van der Waals surface area (Å²) in [6.45, 7) is 6.33. The maximum Gasteiger partial charge on any atom is 0.110 e. The number of aromatic nitrogens is 1. The SMILES string of the molecule is CCC(C)C(N)c1nc(C)cs1. The zero-order chi connectivity index (χ0) is 9.14. The Bertz CT molecular complexity index is 244. The lowest BCUT2D eigenvalue weighted by Gasteiger charge is -2.14. The van der Waals surface area contributed by atoms with Crippen LogP contribution in [0.1, 0.15) is 37.0 Å². The highest BCUT2D eigenvalue weighted by Crippen LogP contribution is 2.24. The van der Waals surface area contributed by atoms with Gasteiger partial charge in [-0.15, -0.1) is 11.3 Å². The van der Waals surface area contributed by atoms with Crippen molar-refractivity contribution in [2.24, 2.45) is 11.7 Å². The third-order valence-corrected chi connectivity index (χ3v) is 3.24. The highest BCUT2D eigenvalue weighted by molar-refractivity contribution is 7.09. The van der Waals surface area contributed by atoms with E-state index in [9.17, 15) is 0 Å². The molecule has 1 rings (SSSR count). The molecule has 68 valence electrons. The predicted molar refractivity (Wildman–Crippen MR) is 53.2 cm³/mol. The van der Waals surface area contributed by atoms with Crippen molar-refractivity contribution in [1.82, 2.24) is 4.98 Å². The van der Waals surface area contributed by atoms with E-state index < -0.39 is 0 Å². The molecule has 0 bridgehead atoms. The molecule has 0 amide bonds. The maximum atomic E-state index is 6.01. The Balaban J connectivity index is 2.70. The van der Waals surface area contributed by atoms with Crippen molar-refractivity contribution in [2.75, 3.05) is 0 Å². The fraction of sp³-hybridized carbons (Fsp3) is 0.667. The van der Waals surface area contributed by atoms with Gasteiger partial charge in [0, 0.05) is 11.1 Å². The van der Waals surface area contributed by atoms with Crippen molar-refractivity contribution in [3.05, 3.63) is 16.1 Å². The highest BCUT2D eigenvalue weighted by Gasteiger charge is 2.15. The lowest BCUT2D eigenvalue weighted by Crippen LogP contribution is -2.18. The number of nitrogens with two attached hydrogens (primary N) is 1. The standard InChI is InChI=1S/C9H16N2S/c1-4-6(2)8(10)9-11-7(3)5-12-9/h5-6,8H,4,10H2,1-3H3. The molecule has 3 heteroatoms. The van der Waals surface area contributed by atoms with Gasteiger partial charge in [-0.05, 0) is 12.8 Å². The summed E-state index contributed by atoms with van der Waals surface area (Å²) in [4.78, 5) is 4.37. The molecular weight excluding hydrogens is 168 g/mol. The number of nitrogens with zero attached hydrogens (tertiary/aromatic N) is 1. The maximum absolute atomic E-state index is 6.01. The van der Waals surface area contributed by atoms with Crippen LogP contribution >= 0.6 is 11.3 Å². The molecule has 1 aromatic rings. The molecule has 2 nitrogen and oxygen atoms in total. The summed E-state index contributed by atoms with van der Waals surface area (Å²) in [5, 5.41) is 3.12. The molecule has 1 aromatic heterocycles. The molecule has 2 atom stereocenters. The first kappa shape index (κ1) is 9.68. The summed E-state index contributed by atoms with van der Waals surface area (Å²) in [6.07, 6.45) is 1.11. The van der Waals surface area contributed by atoms with Gasteiger partial charge in [-0.25, -0.2) is 4.98 Å². The second-order valence-corrected chi connectivity index (χ2v) is 4.13. The number of rotatable bonds is 3. The molecule has 0 aliphatic carbocycles. The summed E-state index contributed by atoms with van der Waals surface area (Å²) in [5.74, 6) is 0.524. The summed E-state index contributed by atoms with van der Waals surface area (Å²) in [7, 11) is 0. The summed E-state index contributed by atoms with van der Waals surface area (Å²) in [5.41, 5.74) is 7.09. The van der Waals surface area contributed by atoms with Gasteiger partial charge in [0.1, 0.15) is 5.01 Å². The fourth-order valence-electron chi connectivity index (χ4n) is 1.02. The Morgan fingerprint density at radius 2 is 2.33 bits per heavy atom. The van der Waals surface area contributed by atoms with E-state index in [0.717, 1.165) is 17.1 Å². The van der Waals surface area contributed by atoms with Crippen molar-refractivity contribution in [3.8, 4) is 0 Å². The monoisotopic (exact) mass is 184 g/mol. The van der Waals surface area contributed by atoms with Crippen LogP contribution in [0.5, 0.6) is 0 Å². The molecule has 0 aromatic carbocycles. The minimum absolute atomic E-state index is 0.119. The Labute approximate surface area is 77.8 Å². The van der Waals surface area contributed by atoms with Crippen molar-refractivity contribution >= 4 is 11.3 Å². The Morgan fingerprint density at radius 1 is 1.67 bits per heavy atom. The average Bonchev–Trinajstić information content (AvgIpc) is 2.49. The molecule has 0 aliphatic heterocycles. The van der Waals surface area contributed by atoms with E-state index in [1.54, 1.807) is 11.3 Å². The molecule has 0 saturated carbocycles. The van der Waals surface area contributed by atoms with Crippen LogP contribution < -0.4 is 5.73 Å². The van der Waals surface area contributed by atoms with E-state index in [2.05, 4.69) is 24.2 Å². The van der Waals surface area contributed by atoms with Gasteiger partial charge in [0.25, 0.3) is 0 Å². The van der Waals surface area contributed by atoms with Crippen molar-refractivity contribution in [3.63, 3.8) is 0 Å². The molecule has 2 unspecified atom stereocenters. The summed E-state index contributed by atoms with van der Waals surface area (Å²) in [6, 6.07) is 0.119. The Morgan fingerprint density at radius 3 is 2.75 bits per heavy atom. The third kappa shape index (κ3) is 2.05. The molecule has 0 radical (unpaired) electrons. The second kappa shape index (κ2) is 4.01. The van der Waals surface area contributed by atoms with Crippen LogP contribution in [0.3, 0.4) is 0 Å². The van der Waals surface area contributed by atoms with Crippen LogP contribution in [0.4, 0.5) is 0 Å². The average molecular weight is 184 g/mol. The molecule has 0 aliphatic rings. The molecular formula is C9H16N2S. The van der Waals surface area contributed by atoms with Gasteiger partial charge in [0.05, 0.1) is 6.04 Å². The van der Waals surface area contributed by atoms with Crippen LogP contribution in [0.2, 0.25) is 0 Å². The summed E-state index contributed by atoms with van der Waals surface area (Å²) < 4.78 is 0. The zero-order valence-electron chi connectivity index (χ0n) is 7.87. The molecule has 1 heterocycles. The van der Waals surface area contributed by atoms with Crippen LogP contribution in [-0.2, 0) is 0 Å². The van der Waals surface area contributed by atoms with Gasteiger partial charge >= 0.3 is 0 Å². The third-order valence-electron chi connectivity index (χ3n) is 2.18. The van der Waals surface area contributed by atoms with Crippen molar-refractivity contribution in [2.45, 2.75) is 33.2 Å². The van der Waals surface area contributed by atoms with Gasteiger partial charge in [0.15, 0.2) is 0 Å². The first-order chi connectivity index (χ1) is 5.65. The first-order valence-electron chi connectivity index (χ1n) is 4.32. The molecule has 12 heavy (non-hydrogen) atoms. The van der Waals surface area contributed by atoms with E-state index >= 15 is 0 Å². The molecule has 0 fully saturated rings. The lowest BCUT2D eigenvalue weighted by molar-refractivity contribution is 0.455. The van der Waals surface area contributed by atoms with Crippen LogP contribution in [-0.4, -0.2) is 4.98 Å². The van der Waals surface area contributed by atoms with Crippen LogP contribution in [0.15, 0.2) is 5.38 Å². The van der Waals surface area contributed by atoms with Crippen molar-refractivity contribution in [1.29, 1.82) is 0 Å². The predicted octanol–water partition coefficient (Wildman–Crippen LogP) is 2.50. The van der Waals surface area contributed by atoms with Gasteiger partial charge in [-0.2, -0.15) is 0 Å². The number of hydrogen-bond acceptors (Lipinski definition) is 3. The van der Waals surface area contributed by atoms with E-state index in [1.807, 2.05) is 6.92 Å². The minimum Gasteiger partial charge on any atom is -0.322 e. The van der Waals surface area contributed by atoms with Crippen LogP contribution in [0, 0.1) is 12.8 Å². The smallest absolute Gasteiger partial charge is 0.110 e. The van der Waals surface area contributed by atoms with Gasteiger partial charge in [-0.1, -0.05) is 20.3 Å². The van der Waals surface area contributed by atoms with E-state index in [-0.39, 0.29) is 6.04 Å². The molecule has 0 spiro atoms. The van der Waals surface area contributed by atoms with Gasteiger partial charge < -0.3 is 5.73 Å². The second-order valence-electron chi connectivity index (χ2n) is 3.24. The minimum atomic E-state index is 0.119. The normalized spacial score (nSPS) is 16.0. The van der Waals surface area contributed by atoms with Crippen LogP contribution in [0.25, 0.3) is 0 Å². The lowest BCUT2D eigenvalue weighted by atomic mass is 10.0. The molecule has 0 saturated heterocycles. The highest BCUT2D eigenvalue weighted by atomic mass is 32.1. The molecule has 2 N–H and O–H groups in total. The zero-order valence-corrected chi connectivity index (χ0v) is 8.69. The Hall–Kier alpha value is -0.410. The van der Waals surface area contributed by atoms with Crippen molar-refractivity contribution < 1.29 is 0 Å². The first-order valence-corrected chi connectivity index (χ1v) is 5.20. The fourth-order valence-corrected chi connectivity index (χ4v) is 1.95. The van der Waals surface area contributed by atoms with E-state index in [4.69, 9.17) is 5.73 Å². The van der Waals surface area contributed by atoms with Gasteiger partial charge in [0.2, 0.25) is 0 Å². The van der Waals surface area contributed by atoms with E-state index in [1.165, 1.54) is 0 Å². The number of thiazole rings is 1. The number of hydrogen-bond donors (Lipinski definition) is 1. The summed E-state index contributed by atoms with van der Waals surface area (Å²) >= 11 is 1.67. The van der Waals surface area contributed by atoms with E-state index in [0.29, 0.717) is 5.92 Å². The Kier molecular flexibility index (Phi) is 3.23.